The van der Waals surface area contributed by atoms with Crippen LogP contribution in [0.1, 0.15) is 10.4 Å². The largest absolute Gasteiger partial charge is 0.479 e. The standard InChI is InChI=1S/C18H17NO9/c20-11-7-6-9(8-19(11)10-4-2-1-3-5-10)17(26)28-18-14(23)12(21)13(22)15(27-18)16(24)25/h1-8,12-15,18,21-23H,(H,24,25)/t12-,13+,14?,15?,18?/m1/s1. The van der Waals surface area contributed by atoms with Gasteiger partial charge in [0, 0.05) is 18.0 Å². The number of pyridine rings is 1. The van der Waals surface area contributed by atoms with E-state index in [0.29, 0.717) is 5.69 Å². The average Bonchev–Trinajstić information content (AvgIpc) is 2.69. The van der Waals surface area contributed by atoms with Crippen molar-refractivity contribution in [3.05, 3.63) is 64.6 Å². The zero-order valence-electron chi connectivity index (χ0n) is 14.3. The number of hydrogen-bond donors (Lipinski definition) is 4. The van der Waals surface area contributed by atoms with Crippen molar-refractivity contribution in [1.29, 1.82) is 0 Å². The molecule has 5 atom stereocenters. The molecule has 0 bridgehead atoms. The number of benzene rings is 1. The van der Waals surface area contributed by atoms with Crippen LogP contribution in [0.15, 0.2) is 53.5 Å². The molecule has 2 heterocycles. The quantitative estimate of drug-likeness (QED) is 0.475. The molecule has 28 heavy (non-hydrogen) atoms. The molecule has 0 saturated carbocycles. The van der Waals surface area contributed by atoms with Crippen LogP contribution < -0.4 is 5.56 Å². The zero-order chi connectivity index (χ0) is 20.4. The fourth-order valence-electron chi connectivity index (χ4n) is 2.72. The number of nitrogens with zero attached hydrogens (tertiary/aromatic N) is 1. The highest BCUT2D eigenvalue weighted by Crippen LogP contribution is 2.23. The Balaban J connectivity index is 1.83. The molecule has 1 aromatic heterocycles. The van der Waals surface area contributed by atoms with Crippen LogP contribution in [0.5, 0.6) is 0 Å². The Morgan fingerprint density at radius 1 is 0.964 bits per heavy atom. The maximum Gasteiger partial charge on any atom is 0.342 e. The number of aromatic nitrogens is 1. The van der Waals surface area contributed by atoms with Gasteiger partial charge in [0.15, 0.2) is 6.10 Å². The second-order valence-corrected chi connectivity index (χ2v) is 6.10. The van der Waals surface area contributed by atoms with Crippen LogP contribution in [0.25, 0.3) is 5.69 Å². The van der Waals surface area contributed by atoms with E-state index < -0.39 is 48.2 Å². The molecule has 10 nitrogen and oxygen atoms in total. The van der Waals surface area contributed by atoms with Gasteiger partial charge in [0.1, 0.15) is 18.3 Å². The summed E-state index contributed by atoms with van der Waals surface area (Å²) in [6, 6.07) is 10.8. The van der Waals surface area contributed by atoms with E-state index in [1.54, 1.807) is 30.3 Å². The van der Waals surface area contributed by atoms with Gasteiger partial charge in [-0.1, -0.05) is 18.2 Å². The topological polar surface area (TPSA) is 156 Å². The van der Waals surface area contributed by atoms with Crippen LogP contribution >= 0.6 is 0 Å². The maximum absolute atomic E-state index is 12.4. The van der Waals surface area contributed by atoms with Crippen LogP contribution in [0.3, 0.4) is 0 Å². The molecule has 3 rings (SSSR count). The number of esters is 1. The number of ether oxygens (including phenoxy) is 2. The number of carboxylic acids is 1. The van der Waals surface area contributed by atoms with Gasteiger partial charge >= 0.3 is 11.9 Å². The summed E-state index contributed by atoms with van der Waals surface area (Å²) in [5.74, 6) is -2.63. The van der Waals surface area contributed by atoms with Crippen LogP contribution in [-0.2, 0) is 14.3 Å². The number of aliphatic hydroxyl groups is 3. The van der Waals surface area contributed by atoms with Gasteiger partial charge in [-0.2, -0.15) is 0 Å². The van der Waals surface area contributed by atoms with Crippen molar-refractivity contribution in [1.82, 2.24) is 4.57 Å². The minimum Gasteiger partial charge on any atom is -0.479 e. The molecule has 1 aromatic carbocycles. The summed E-state index contributed by atoms with van der Waals surface area (Å²) < 4.78 is 11.1. The molecule has 0 aliphatic carbocycles. The smallest absolute Gasteiger partial charge is 0.342 e. The maximum atomic E-state index is 12.4. The Morgan fingerprint density at radius 3 is 2.29 bits per heavy atom. The molecule has 0 spiro atoms. The number of carboxylic acid groups (broad SMARTS) is 1. The van der Waals surface area contributed by atoms with Crippen LogP contribution in [-0.4, -0.2) is 67.6 Å². The van der Waals surface area contributed by atoms with Gasteiger partial charge < -0.3 is 29.9 Å². The first-order valence-corrected chi connectivity index (χ1v) is 8.21. The third-order valence-corrected chi connectivity index (χ3v) is 4.22. The molecule has 0 radical (unpaired) electrons. The van der Waals surface area contributed by atoms with E-state index in [9.17, 15) is 29.7 Å². The summed E-state index contributed by atoms with van der Waals surface area (Å²) in [7, 11) is 0. The Morgan fingerprint density at radius 2 is 1.64 bits per heavy atom. The van der Waals surface area contributed by atoms with Gasteiger partial charge in [-0.3, -0.25) is 9.36 Å². The highest BCUT2D eigenvalue weighted by atomic mass is 16.7. The molecule has 148 valence electrons. The second-order valence-electron chi connectivity index (χ2n) is 6.10. The third-order valence-electron chi connectivity index (χ3n) is 4.22. The van der Waals surface area contributed by atoms with E-state index in [0.717, 1.165) is 6.07 Å². The molecule has 3 unspecified atom stereocenters. The summed E-state index contributed by atoms with van der Waals surface area (Å²) in [6.07, 6.45) is -8.17. The molecule has 1 aliphatic rings. The molecule has 1 saturated heterocycles. The Bertz CT molecular complexity index is 926. The number of hydrogen-bond acceptors (Lipinski definition) is 8. The van der Waals surface area contributed by atoms with Gasteiger partial charge in [0.05, 0.1) is 5.56 Å². The summed E-state index contributed by atoms with van der Waals surface area (Å²) in [4.78, 5) is 35.6. The molecular formula is C18H17NO9. The fourth-order valence-corrected chi connectivity index (χ4v) is 2.72. The molecular weight excluding hydrogens is 374 g/mol. The molecule has 4 N–H and O–H groups in total. The van der Waals surface area contributed by atoms with Crippen molar-refractivity contribution in [2.45, 2.75) is 30.7 Å². The zero-order valence-corrected chi connectivity index (χ0v) is 14.3. The van der Waals surface area contributed by atoms with Crippen molar-refractivity contribution < 1.29 is 39.5 Å². The fraction of sp³-hybridized carbons (Fsp3) is 0.278. The number of aliphatic hydroxyl groups excluding tert-OH is 3. The minimum atomic E-state index is -1.90. The predicted octanol–water partition coefficient (Wildman–Crippen LogP) is -1.11. The third kappa shape index (κ3) is 3.80. The number of carbonyl (C=O) groups excluding carboxylic acids is 1. The molecule has 0 amide bonds. The van der Waals surface area contributed by atoms with E-state index in [1.807, 2.05) is 0 Å². The summed E-state index contributed by atoms with van der Waals surface area (Å²) in [5, 5.41) is 38.4. The molecule has 2 aromatic rings. The normalized spacial score (nSPS) is 27.2. The first-order valence-electron chi connectivity index (χ1n) is 8.21. The van der Waals surface area contributed by atoms with Gasteiger partial charge in [0.25, 0.3) is 5.56 Å². The molecule has 1 aliphatic heterocycles. The summed E-state index contributed by atoms with van der Waals surface area (Å²) in [5.41, 5.74) is 0.0218. The Hall–Kier alpha value is -3.05. The predicted molar refractivity (Wildman–Crippen MR) is 91.8 cm³/mol. The van der Waals surface area contributed by atoms with E-state index in [4.69, 9.17) is 14.6 Å². The van der Waals surface area contributed by atoms with E-state index >= 15 is 0 Å². The van der Waals surface area contributed by atoms with Crippen LogP contribution in [0, 0.1) is 0 Å². The molecule has 1 fully saturated rings. The van der Waals surface area contributed by atoms with Crippen molar-refractivity contribution in [2.24, 2.45) is 0 Å². The highest BCUT2D eigenvalue weighted by molar-refractivity contribution is 5.89. The average molecular weight is 391 g/mol. The van der Waals surface area contributed by atoms with Crippen molar-refractivity contribution >= 4 is 11.9 Å². The number of rotatable bonds is 4. The number of carbonyl (C=O) groups is 2. The highest BCUT2D eigenvalue weighted by Gasteiger charge is 2.48. The summed E-state index contributed by atoms with van der Waals surface area (Å²) in [6.45, 7) is 0. The van der Waals surface area contributed by atoms with Crippen LogP contribution in [0.2, 0.25) is 0 Å². The van der Waals surface area contributed by atoms with E-state index in [-0.39, 0.29) is 5.56 Å². The van der Waals surface area contributed by atoms with Gasteiger partial charge in [-0.25, -0.2) is 9.59 Å². The van der Waals surface area contributed by atoms with Crippen molar-refractivity contribution in [3.63, 3.8) is 0 Å². The van der Waals surface area contributed by atoms with Crippen LogP contribution in [0.4, 0.5) is 0 Å². The summed E-state index contributed by atoms with van der Waals surface area (Å²) >= 11 is 0. The van der Waals surface area contributed by atoms with Crippen molar-refractivity contribution in [3.8, 4) is 5.69 Å². The lowest BCUT2D eigenvalue weighted by Gasteiger charge is -2.37. The van der Waals surface area contributed by atoms with Crippen molar-refractivity contribution in [2.75, 3.05) is 0 Å². The van der Waals surface area contributed by atoms with Gasteiger partial charge in [-0.15, -0.1) is 0 Å². The lowest BCUT2D eigenvalue weighted by Crippen LogP contribution is -2.60. The van der Waals surface area contributed by atoms with Gasteiger partial charge in [-0.05, 0) is 18.2 Å². The lowest BCUT2D eigenvalue weighted by atomic mass is 9.99. The number of aliphatic carboxylic acids is 1. The first kappa shape index (κ1) is 19.7. The molecule has 10 heteroatoms. The SMILES string of the molecule is O=C(OC1OC(C(=O)O)[C@@H](O)[C@@H](O)C1O)c1ccc(=O)n(-c2ccccc2)c1. The lowest BCUT2D eigenvalue weighted by molar-refractivity contribution is -0.278. The van der Waals surface area contributed by atoms with Gasteiger partial charge in [0.2, 0.25) is 6.29 Å². The first-order chi connectivity index (χ1) is 13.3. The number of para-hydroxylation sites is 1. The Labute approximate surface area is 157 Å². The Kier molecular flexibility index (Phi) is 5.56. The van der Waals surface area contributed by atoms with E-state index in [2.05, 4.69) is 0 Å². The minimum absolute atomic E-state index is 0.0771. The monoisotopic (exact) mass is 391 g/mol. The second kappa shape index (κ2) is 7.90. The van der Waals surface area contributed by atoms with E-state index in [1.165, 1.54) is 16.8 Å².